The van der Waals surface area contributed by atoms with Gasteiger partial charge < -0.3 is 16.0 Å². The van der Waals surface area contributed by atoms with Crippen molar-refractivity contribution in [2.45, 2.75) is 45.6 Å². The van der Waals surface area contributed by atoms with E-state index in [2.05, 4.69) is 29.6 Å². The van der Waals surface area contributed by atoms with Gasteiger partial charge in [0.15, 0.2) is 0 Å². The molecule has 1 fully saturated rings. The number of nitrogens with two attached hydrogens (primary N) is 1. The molecule has 1 aliphatic heterocycles. The first-order valence-electron chi connectivity index (χ1n) is 9.30. The molecule has 0 aromatic heterocycles. The van der Waals surface area contributed by atoms with Crippen LogP contribution in [0, 0.1) is 11.8 Å². The second kappa shape index (κ2) is 9.56. The van der Waals surface area contributed by atoms with Gasteiger partial charge in [-0.25, -0.2) is 0 Å². The number of nitrogens with one attached hydrogen (secondary N) is 1. The van der Waals surface area contributed by atoms with Crippen LogP contribution in [0.3, 0.4) is 0 Å². The molecule has 1 aliphatic rings. The molecule has 0 aliphatic carbocycles. The van der Waals surface area contributed by atoms with E-state index < -0.39 is 6.04 Å². The summed E-state index contributed by atoms with van der Waals surface area (Å²) in [5.74, 6) is 0.741. The monoisotopic (exact) mass is 345 g/mol. The van der Waals surface area contributed by atoms with Crippen molar-refractivity contribution in [3.63, 3.8) is 0 Å². The molecule has 5 nitrogen and oxygen atoms in total. The zero-order valence-corrected chi connectivity index (χ0v) is 15.4. The summed E-state index contributed by atoms with van der Waals surface area (Å²) in [6, 6.07) is 9.96. The number of benzene rings is 1. The lowest BCUT2D eigenvalue weighted by Crippen LogP contribution is -2.48. The number of nitrogens with zero attached hydrogens (tertiary/aromatic N) is 1. The van der Waals surface area contributed by atoms with Crippen LogP contribution < -0.4 is 11.1 Å². The Balaban J connectivity index is 1.69. The number of piperidine rings is 1. The number of likely N-dealkylation sites (tertiary alicyclic amines) is 1. The van der Waals surface area contributed by atoms with Crippen molar-refractivity contribution >= 4 is 11.8 Å². The Morgan fingerprint density at radius 1 is 1.20 bits per heavy atom. The molecule has 3 N–H and O–H groups in total. The van der Waals surface area contributed by atoms with Crippen molar-refractivity contribution in [3.05, 3.63) is 35.9 Å². The minimum absolute atomic E-state index is 0.0109. The van der Waals surface area contributed by atoms with E-state index in [1.807, 2.05) is 24.8 Å². The van der Waals surface area contributed by atoms with E-state index in [1.165, 1.54) is 5.56 Å². The lowest BCUT2D eigenvalue weighted by molar-refractivity contribution is -0.134. The molecular formula is C20H31N3O2. The van der Waals surface area contributed by atoms with Gasteiger partial charge in [-0.3, -0.25) is 9.59 Å². The molecule has 138 valence electrons. The fourth-order valence-electron chi connectivity index (χ4n) is 3.35. The molecule has 5 heteroatoms. The maximum absolute atomic E-state index is 12.3. The van der Waals surface area contributed by atoms with Crippen molar-refractivity contribution in [1.29, 1.82) is 0 Å². The van der Waals surface area contributed by atoms with Gasteiger partial charge in [0.1, 0.15) is 0 Å². The van der Waals surface area contributed by atoms with Gasteiger partial charge in [-0.2, -0.15) is 0 Å². The highest BCUT2D eigenvalue weighted by Crippen LogP contribution is 2.21. The third-order valence-electron chi connectivity index (χ3n) is 4.81. The average Bonchev–Trinajstić information content (AvgIpc) is 2.60. The summed E-state index contributed by atoms with van der Waals surface area (Å²) in [7, 11) is 0. The molecule has 0 unspecified atom stereocenters. The molecule has 0 bridgehead atoms. The number of rotatable bonds is 7. The van der Waals surface area contributed by atoms with Crippen LogP contribution in [0.5, 0.6) is 0 Å². The minimum Gasteiger partial charge on any atom is -0.346 e. The zero-order chi connectivity index (χ0) is 18.2. The number of hydrogen-bond donors (Lipinski definition) is 2. The van der Waals surface area contributed by atoms with Crippen molar-refractivity contribution in [3.8, 4) is 0 Å². The van der Waals surface area contributed by atoms with Crippen LogP contribution in [-0.2, 0) is 16.0 Å². The highest BCUT2D eigenvalue weighted by molar-refractivity contribution is 5.87. The smallest absolute Gasteiger partial charge is 0.241 e. The van der Waals surface area contributed by atoms with Crippen molar-refractivity contribution in [2.24, 2.45) is 17.6 Å². The molecule has 0 spiro atoms. The standard InChI is InChI=1S/C20H31N3O2/c1-15(2)12-18(21)20(25)22-14-19(24)23-10-8-17(9-11-23)13-16-6-4-3-5-7-16/h3-7,15,17-18H,8-14,21H2,1-2H3,(H,22,25)/t18-/m0/s1. The second-order valence-corrected chi connectivity index (χ2v) is 7.47. The molecule has 1 saturated heterocycles. The highest BCUT2D eigenvalue weighted by Gasteiger charge is 2.23. The highest BCUT2D eigenvalue weighted by atomic mass is 16.2. The fourth-order valence-corrected chi connectivity index (χ4v) is 3.35. The molecule has 0 saturated carbocycles. The van der Waals surface area contributed by atoms with Crippen LogP contribution in [-0.4, -0.2) is 42.4 Å². The summed E-state index contributed by atoms with van der Waals surface area (Å²) in [5, 5.41) is 2.68. The van der Waals surface area contributed by atoms with Gasteiger partial charge in [0.2, 0.25) is 11.8 Å². The third kappa shape index (κ3) is 6.50. The van der Waals surface area contributed by atoms with E-state index in [9.17, 15) is 9.59 Å². The van der Waals surface area contributed by atoms with Gasteiger partial charge >= 0.3 is 0 Å². The maximum atomic E-state index is 12.3. The largest absolute Gasteiger partial charge is 0.346 e. The van der Waals surface area contributed by atoms with Gasteiger partial charge in [0, 0.05) is 13.1 Å². The summed E-state index contributed by atoms with van der Waals surface area (Å²) < 4.78 is 0. The minimum atomic E-state index is -0.538. The predicted molar refractivity (Wildman–Crippen MR) is 99.9 cm³/mol. The Hall–Kier alpha value is -1.88. The first-order chi connectivity index (χ1) is 12.0. The van der Waals surface area contributed by atoms with Crippen LogP contribution in [0.25, 0.3) is 0 Å². The van der Waals surface area contributed by atoms with E-state index in [1.54, 1.807) is 0 Å². The van der Waals surface area contributed by atoms with Crippen LogP contribution in [0.15, 0.2) is 30.3 Å². The molecule has 1 heterocycles. The average molecular weight is 345 g/mol. The lowest BCUT2D eigenvalue weighted by atomic mass is 9.90. The number of amides is 2. The number of hydrogen-bond acceptors (Lipinski definition) is 3. The second-order valence-electron chi connectivity index (χ2n) is 7.47. The van der Waals surface area contributed by atoms with Crippen molar-refractivity contribution in [2.75, 3.05) is 19.6 Å². The Morgan fingerprint density at radius 2 is 1.84 bits per heavy atom. The fraction of sp³-hybridized carbons (Fsp3) is 0.600. The van der Waals surface area contributed by atoms with Crippen molar-refractivity contribution < 1.29 is 9.59 Å². The summed E-state index contributed by atoms with van der Waals surface area (Å²) in [6.07, 6.45) is 3.73. The summed E-state index contributed by atoms with van der Waals surface area (Å²) >= 11 is 0. The zero-order valence-electron chi connectivity index (χ0n) is 15.4. The maximum Gasteiger partial charge on any atom is 0.241 e. The normalized spacial score (nSPS) is 16.7. The first-order valence-corrected chi connectivity index (χ1v) is 9.30. The van der Waals surface area contributed by atoms with E-state index in [0.29, 0.717) is 18.3 Å². The van der Waals surface area contributed by atoms with Gasteiger partial charge in [0.25, 0.3) is 0 Å². The van der Waals surface area contributed by atoms with Gasteiger partial charge in [-0.05, 0) is 43.1 Å². The van der Waals surface area contributed by atoms with Gasteiger partial charge in [-0.1, -0.05) is 44.2 Å². The van der Waals surface area contributed by atoms with Crippen LogP contribution in [0.2, 0.25) is 0 Å². The molecule has 2 rings (SSSR count). The first kappa shape index (κ1) is 19.4. The SMILES string of the molecule is CC(C)C[C@H](N)C(=O)NCC(=O)N1CCC(Cc2ccccc2)CC1. The predicted octanol–water partition coefficient (Wildman–Crippen LogP) is 1.96. The Morgan fingerprint density at radius 3 is 2.44 bits per heavy atom. The van der Waals surface area contributed by atoms with E-state index in [-0.39, 0.29) is 18.4 Å². The molecule has 1 aromatic carbocycles. The van der Waals surface area contributed by atoms with E-state index in [0.717, 1.165) is 32.4 Å². The lowest BCUT2D eigenvalue weighted by Gasteiger charge is -2.32. The Kier molecular flexibility index (Phi) is 7.44. The quantitative estimate of drug-likeness (QED) is 0.793. The van der Waals surface area contributed by atoms with Gasteiger partial charge in [0.05, 0.1) is 12.6 Å². The van der Waals surface area contributed by atoms with Crippen LogP contribution in [0.4, 0.5) is 0 Å². The molecule has 1 atom stereocenters. The van der Waals surface area contributed by atoms with E-state index >= 15 is 0 Å². The Labute approximate surface area is 151 Å². The number of carbonyl (C=O) groups is 2. The van der Waals surface area contributed by atoms with Crippen LogP contribution >= 0.6 is 0 Å². The molecule has 0 radical (unpaired) electrons. The van der Waals surface area contributed by atoms with Crippen molar-refractivity contribution in [1.82, 2.24) is 10.2 Å². The summed E-state index contributed by atoms with van der Waals surface area (Å²) in [4.78, 5) is 26.1. The molecule has 25 heavy (non-hydrogen) atoms. The molecular weight excluding hydrogens is 314 g/mol. The third-order valence-corrected chi connectivity index (χ3v) is 4.81. The Bertz CT molecular complexity index is 551. The summed E-state index contributed by atoms with van der Waals surface area (Å²) in [6.45, 7) is 5.64. The van der Waals surface area contributed by atoms with E-state index in [4.69, 9.17) is 5.73 Å². The molecule has 1 aromatic rings. The summed E-state index contributed by atoms with van der Waals surface area (Å²) in [5.41, 5.74) is 7.20. The van der Waals surface area contributed by atoms with Gasteiger partial charge in [-0.15, -0.1) is 0 Å². The molecule has 2 amide bonds. The number of carbonyl (C=O) groups excluding carboxylic acids is 2. The van der Waals surface area contributed by atoms with Crippen LogP contribution in [0.1, 0.15) is 38.7 Å². The topological polar surface area (TPSA) is 75.4 Å².